The largest absolute Gasteiger partial charge is 0.342 e. The number of rotatable bonds is 6. The van der Waals surface area contributed by atoms with E-state index in [1.807, 2.05) is 4.68 Å². The minimum absolute atomic E-state index is 0.250. The first-order valence-electron chi connectivity index (χ1n) is 9.00. The maximum absolute atomic E-state index is 12.7. The van der Waals surface area contributed by atoms with E-state index in [9.17, 15) is 4.79 Å². The van der Waals surface area contributed by atoms with Crippen LogP contribution in [0.5, 0.6) is 0 Å². The highest BCUT2D eigenvalue weighted by atomic mass is 16.2. The van der Waals surface area contributed by atoms with Crippen molar-refractivity contribution in [1.82, 2.24) is 19.9 Å². The summed E-state index contributed by atoms with van der Waals surface area (Å²) in [5.41, 5.74) is 0.815. The number of piperidine rings is 1. The van der Waals surface area contributed by atoms with Crippen LogP contribution in [-0.2, 0) is 17.8 Å². The number of carbonyl (C=O) groups excluding carboxylic acids is 1. The summed E-state index contributed by atoms with van der Waals surface area (Å²) in [4.78, 5) is 14.7. The van der Waals surface area contributed by atoms with Gasteiger partial charge in [0.15, 0.2) is 0 Å². The molecule has 2 heterocycles. The third-order valence-electron chi connectivity index (χ3n) is 4.92. The van der Waals surface area contributed by atoms with Gasteiger partial charge >= 0.3 is 0 Å². The third kappa shape index (κ3) is 4.79. The summed E-state index contributed by atoms with van der Waals surface area (Å²) in [7, 11) is 0. The Labute approximate surface area is 140 Å². The first-order chi connectivity index (χ1) is 10.8. The quantitative estimate of drug-likeness (QED) is 0.809. The topological polar surface area (TPSA) is 51.0 Å². The molecule has 0 radical (unpaired) electrons. The molecule has 1 amide bonds. The zero-order chi connectivity index (χ0) is 17.0. The number of likely N-dealkylation sites (tertiary alicyclic amines) is 1. The molecular formula is C18H32N4O. The molecule has 5 nitrogen and oxygen atoms in total. The molecule has 1 fully saturated rings. The normalized spacial score (nSPS) is 19.4. The Morgan fingerprint density at radius 2 is 2.17 bits per heavy atom. The summed E-state index contributed by atoms with van der Waals surface area (Å²) in [6.07, 6.45) is 6.17. The molecule has 0 aromatic carbocycles. The van der Waals surface area contributed by atoms with Crippen LogP contribution in [0.15, 0.2) is 6.20 Å². The highest BCUT2D eigenvalue weighted by Gasteiger charge is 2.33. The summed E-state index contributed by atoms with van der Waals surface area (Å²) < 4.78 is 1.96. The number of nitrogens with zero attached hydrogens (tertiary/aromatic N) is 4. The van der Waals surface area contributed by atoms with Crippen molar-refractivity contribution in [1.29, 1.82) is 0 Å². The lowest BCUT2D eigenvalue weighted by Gasteiger charge is -2.37. The number of hydrogen-bond acceptors (Lipinski definition) is 3. The van der Waals surface area contributed by atoms with Crippen molar-refractivity contribution in [3.63, 3.8) is 0 Å². The van der Waals surface area contributed by atoms with Crippen LogP contribution in [0.2, 0.25) is 0 Å². The highest BCUT2D eigenvalue weighted by Crippen LogP contribution is 2.27. The molecule has 0 N–H and O–H groups in total. The Balaban J connectivity index is 1.94. The first-order valence-corrected chi connectivity index (χ1v) is 9.00. The van der Waals surface area contributed by atoms with Gasteiger partial charge in [0.2, 0.25) is 5.91 Å². The van der Waals surface area contributed by atoms with Crippen molar-refractivity contribution >= 4 is 5.91 Å². The third-order valence-corrected chi connectivity index (χ3v) is 4.92. The van der Waals surface area contributed by atoms with Crippen LogP contribution in [0.1, 0.15) is 59.6 Å². The molecule has 0 aliphatic carbocycles. The van der Waals surface area contributed by atoms with E-state index >= 15 is 0 Å². The zero-order valence-electron chi connectivity index (χ0n) is 15.4. The van der Waals surface area contributed by atoms with Crippen LogP contribution in [0, 0.1) is 17.3 Å². The SMILES string of the molecule is CCC(C)(C)C(=O)N1CCCC(Cn2cc(CC(C)C)nn2)C1. The fraction of sp³-hybridized carbons (Fsp3) is 0.833. The van der Waals surface area contributed by atoms with Gasteiger partial charge in [0.25, 0.3) is 0 Å². The lowest BCUT2D eigenvalue weighted by Crippen LogP contribution is -2.46. The molecule has 0 spiro atoms. The monoisotopic (exact) mass is 320 g/mol. The Kier molecular flexibility index (Phi) is 5.82. The van der Waals surface area contributed by atoms with Crippen molar-refractivity contribution in [2.75, 3.05) is 13.1 Å². The molecule has 1 unspecified atom stereocenters. The molecule has 5 heteroatoms. The van der Waals surface area contributed by atoms with E-state index in [4.69, 9.17) is 0 Å². The van der Waals surface area contributed by atoms with Crippen LogP contribution < -0.4 is 0 Å². The molecular weight excluding hydrogens is 288 g/mol. The molecule has 1 saturated heterocycles. The van der Waals surface area contributed by atoms with Crippen LogP contribution >= 0.6 is 0 Å². The van der Waals surface area contributed by atoms with Crippen molar-refractivity contribution < 1.29 is 4.79 Å². The second-order valence-corrected chi connectivity index (χ2v) is 8.03. The Bertz CT molecular complexity index is 521. The summed E-state index contributed by atoms with van der Waals surface area (Å²) in [6.45, 7) is 13.2. The Morgan fingerprint density at radius 3 is 2.83 bits per heavy atom. The van der Waals surface area contributed by atoms with Gasteiger partial charge in [-0.1, -0.05) is 39.8 Å². The molecule has 1 aromatic rings. The van der Waals surface area contributed by atoms with E-state index in [1.165, 1.54) is 0 Å². The van der Waals surface area contributed by atoms with Gasteiger partial charge in [0.1, 0.15) is 0 Å². The van der Waals surface area contributed by atoms with Gasteiger partial charge in [-0.25, -0.2) is 0 Å². The van der Waals surface area contributed by atoms with Gasteiger partial charge in [-0.2, -0.15) is 0 Å². The number of amides is 1. The molecule has 0 bridgehead atoms. The average Bonchev–Trinajstić information content (AvgIpc) is 2.93. The van der Waals surface area contributed by atoms with Crippen molar-refractivity contribution in [3.8, 4) is 0 Å². The first kappa shape index (κ1) is 18.0. The summed E-state index contributed by atoms with van der Waals surface area (Å²) in [5, 5.41) is 8.52. The summed E-state index contributed by atoms with van der Waals surface area (Å²) in [5.74, 6) is 1.37. The fourth-order valence-corrected chi connectivity index (χ4v) is 3.18. The van der Waals surface area contributed by atoms with Crippen molar-refractivity contribution in [2.24, 2.45) is 17.3 Å². The van der Waals surface area contributed by atoms with Gasteiger partial charge in [-0.15, -0.1) is 5.10 Å². The minimum atomic E-state index is -0.250. The highest BCUT2D eigenvalue weighted by molar-refractivity contribution is 5.82. The maximum Gasteiger partial charge on any atom is 0.228 e. The van der Waals surface area contributed by atoms with Gasteiger partial charge in [-0.3, -0.25) is 9.48 Å². The average molecular weight is 320 g/mol. The second kappa shape index (κ2) is 7.45. The Morgan fingerprint density at radius 1 is 1.43 bits per heavy atom. The number of hydrogen-bond donors (Lipinski definition) is 0. The van der Waals surface area contributed by atoms with Gasteiger partial charge in [0, 0.05) is 31.2 Å². The molecule has 1 aromatic heterocycles. The van der Waals surface area contributed by atoms with E-state index in [0.717, 1.165) is 51.0 Å². The van der Waals surface area contributed by atoms with Gasteiger partial charge in [0.05, 0.1) is 5.69 Å². The molecule has 130 valence electrons. The molecule has 2 rings (SSSR count). The fourth-order valence-electron chi connectivity index (χ4n) is 3.18. The van der Waals surface area contributed by atoms with Crippen LogP contribution in [0.25, 0.3) is 0 Å². The molecule has 23 heavy (non-hydrogen) atoms. The summed E-state index contributed by atoms with van der Waals surface area (Å²) >= 11 is 0. The van der Waals surface area contributed by atoms with Crippen LogP contribution in [0.4, 0.5) is 0 Å². The van der Waals surface area contributed by atoms with Crippen molar-refractivity contribution in [2.45, 2.75) is 66.8 Å². The molecule has 1 aliphatic heterocycles. The number of aromatic nitrogens is 3. The van der Waals surface area contributed by atoms with Gasteiger partial charge in [-0.05, 0) is 37.5 Å². The standard InChI is InChI=1S/C18H32N4O/c1-6-18(4,5)17(23)21-9-7-8-15(11-21)12-22-13-16(19-20-22)10-14(2)3/h13-15H,6-12H2,1-5H3. The second-order valence-electron chi connectivity index (χ2n) is 8.03. The lowest BCUT2D eigenvalue weighted by molar-refractivity contribution is -0.142. The smallest absolute Gasteiger partial charge is 0.228 e. The molecule has 1 atom stereocenters. The van der Waals surface area contributed by atoms with Gasteiger partial charge < -0.3 is 4.90 Å². The van der Waals surface area contributed by atoms with Crippen LogP contribution in [0.3, 0.4) is 0 Å². The van der Waals surface area contributed by atoms with Crippen LogP contribution in [-0.4, -0.2) is 38.9 Å². The van der Waals surface area contributed by atoms with E-state index in [1.54, 1.807) is 0 Å². The molecule has 0 saturated carbocycles. The summed E-state index contributed by atoms with van der Waals surface area (Å²) in [6, 6.07) is 0. The van der Waals surface area contributed by atoms with E-state index < -0.39 is 0 Å². The maximum atomic E-state index is 12.7. The lowest BCUT2D eigenvalue weighted by atomic mass is 9.87. The van der Waals surface area contributed by atoms with E-state index in [2.05, 4.69) is 56.0 Å². The zero-order valence-corrected chi connectivity index (χ0v) is 15.4. The minimum Gasteiger partial charge on any atom is -0.342 e. The predicted octanol–water partition coefficient (Wildman–Crippen LogP) is 3.15. The Hall–Kier alpha value is -1.39. The van der Waals surface area contributed by atoms with Crippen molar-refractivity contribution in [3.05, 3.63) is 11.9 Å². The molecule has 1 aliphatic rings. The number of carbonyl (C=O) groups is 1. The van der Waals surface area contributed by atoms with E-state index in [-0.39, 0.29) is 5.41 Å². The van der Waals surface area contributed by atoms with E-state index in [0.29, 0.717) is 17.7 Å². The predicted molar refractivity (Wildman–Crippen MR) is 91.9 cm³/mol.